The summed E-state index contributed by atoms with van der Waals surface area (Å²) in [6, 6.07) is 15.6. The van der Waals surface area contributed by atoms with Crippen molar-refractivity contribution in [3.8, 4) is 11.1 Å². The van der Waals surface area contributed by atoms with Crippen molar-refractivity contribution in [2.45, 2.75) is 45.4 Å². The number of likely N-dealkylation sites (tertiary alicyclic amines) is 1. The second kappa shape index (κ2) is 10.3. The van der Waals surface area contributed by atoms with Crippen molar-refractivity contribution in [1.29, 1.82) is 0 Å². The van der Waals surface area contributed by atoms with Crippen molar-refractivity contribution in [2.24, 2.45) is 5.92 Å². The highest BCUT2D eigenvalue weighted by Gasteiger charge is 2.22. The number of hydrogen-bond donors (Lipinski definition) is 1. The molecule has 1 amide bonds. The number of piperidine rings is 1. The van der Waals surface area contributed by atoms with E-state index in [1.54, 1.807) is 0 Å². The van der Waals surface area contributed by atoms with Gasteiger partial charge in [0.05, 0.1) is 0 Å². The number of benzene rings is 2. The van der Waals surface area contributed by atoms with Crippen molar-refractivity contribution in [2.75, 3.05) is 26.2 Å². The number of carbonyl (C=O) groups excluding carboxylic acids is 1. The lowest BCUT2D eigenvalue weighted by atomic mass is 9.96. The molecule has 0 unspecified atom stereocenters. The molecule has 1 saturated heterocycles. The van der Waals surface area contributed by atoms with E-state index >= 15 is 0 Å². The predicted octanol–water partition coefficient (Wildman–Crippen LogP) is 4.85. The molecular weight excluding hydrogens is 380 g/mol. The summed E-state index contributed by atoms with van der Waals surface area (Å²) in [5.41, 5.74) is 6.99. The molecule has 4 rings (SSSR count). The molecule has 156 valence electrons. The molecule has 2 aliphatic rings. The van der Waals surface area contributed by atoms with Crippen LogP contribution in [0.25, 0.3) is 11.1 Å². The van der Waals surface area contributed by atoms with Gasteiger partial charge in [-0.3, -0.25) is 4.79 Å². The molecule has 3 nitrogen and oxygen atoms in total. The SMILES string of the molecule is CCNCC1CCN(C(=O)CCCc2ccc3c(c2)-c2ccccc2C3)CC1.Cl. The van der Waals surface area contributed by atoms with Gasteiger partial charge in [-0.15, -0.1) is 12.4 Å². The largest absolute Gasteiger partial charge is 0.343 e. The molecule has 0 spiro atoms. The molecule has 2 aromatic carbocycles. The van der Waals surface area contributed by atoms with Crippen LogP contribution in [0.4, 0.5) is 0 Å². The minimum atomic E-state index is 0. The van der Waals surface area contributed by atoms with Gasteiger partial charge < -0.3 is 10.2 Å². The Hall–Kier alpha value is -1.84. The zero-order valence-electron chi connectivity index (χ0n) is 17.5. The molecular formula is C25H33ClN2O. The molecule has 0 radical (unpaired) electrons. The summed E-state index contributed by atoms with van der Waals surface area (Å²) in [7, 11) is 0. The van der Waals surface area contributed by atoms with Gasteiger partial charge in [0.15, 0.2) is 0 Å². The molecule has 1 fully saturated rings. The number of amides is 1. The third-order valence-electron chi connectivity index (χ3n) is 6.37. The molecule has 0 atom stereocenters. The predicted molar refractivity (Wildman–Crippen MR) is 123 cm³/mol. The van der Waals surface area contributed by atoms with E-state index in [2.05, 4.69) is 59.6 Å². The Labute approximate surface area is 181 Å². The number of nitrogens with one attached hydrogen (secondary N) is 1. The Bertz CT molecular complexity index is 827. The Morgan fingerprint density at radius 1 is 1.07 bits per heavy atom. The van der Waals surface area contributed by atoms with Gasteiger partial charge in [0.2, 0.25) is 5.91 Å². The monoisotopic (exact) mass is 412 g/mol. The Balaban J connectivity index is 0.00000240. The van der Waals surface area contributed by atoms with Gasteiger partial charge in [-0.05, 0) is 78.9 Å². The molecule has 1 aliphatic heterocycles. The summed E-state index contributed by atoms with van der Waals surface area (Å²) in [6.07, 6.45) is 5.93. The van der Waals surface area contributed by atoms with Crippen LogP contribution < -0.4 is 5.32 Å². The summed E-state index contributed by atoms with van der Waals surface area (Å²) in [4.78, 5) is 14.7. The fourth-order valence-corrected chi connectivity index (χ4v) is 4.66. The topological polar surface area (TPSA) is 32.3 Å². The van der Waals surface area contributed by atoms with Crippen LogP contribution in [0.2, 0.25) is 0 Å². The summed E-state index contributed by atoms with van der Waals surface area (Å²) in [5.74, 6) is 1.08. The normalized spacial score (nSPS) is 15.6. The molecule has 0 saturated carbocycles. The van der Waals surface area contributed by atoms with E-state index in [0.717, 1.165) is 64.2 Å². The summed E-state index contributed by atoms with van der Waals surface area (Å²) < 4.78 is 0. The fraction of sp³-hybridized carbons (Fsp3) is 0.480. The molecule has 0 aromatic heterocycles. The molecule has 2 aromatic rings. The first kappa shape index (κ1) is 21.9. The lowest BCUT2D eigenvalue weighted by Gasteiger charge is -2.32. The lowest BCUT2D eigenvalue weighted by Crippen LogP contribution is -2.40. The third-order valence-corrected chi connectivity index (χ3v) is 6.37. The number of hydrogen-bond acceptors (Lipinski definition) is 2. The van der Waals surface area contributed by atoms with Crippen LogP contribution in [0.15, 0.2) is 42.5 Å². The molecule has 29 heavy (non-hydrogen) atoms. The Kier molecular flexibility index (Phi) is 7.74. The smallest absolute Gasteiger partial charge is 0.222 e. The van der Waals surface area contributed by atoms with Crippen LogP contribution in [-0.2, 0) is 17.6 Å². The molecule has 1 heterocycles. The summed E-state index contributed by atoms with van der Waals surface area (Å²) in [6.45, 7) is 6.15. The van der Waals surface area contributed by atoms with Crippen molar-refractivity contribution in [3.63, 3.8) is 0 Å². The van der Waals surface area contributed by atoms with E-state index in [9.17, 15) is 4.79 Å². The van der Waals surface area contributed by atoms with Crippen LogP contribution in [0.3, 0.4) is 0 Å². The highest BCUT2D eigenvalue weighted by Crippen LogP contribution is 2.37. The van der Waals surface area contributed by atoms with E-state index in [4.69, 9.17) is 0 Å². The highest BCUT2D eigenvalue weighted by molar-refractivity contribution is 5.85. The van der Waals surface area contributed by atoms with Crippen LogP contribution in [-0.4, -0.2) is 37.0 Å². The van der Waals surface area contributed by atoms with Crippen molar-refractivity contribution >= 4 is 18.3 Å². The number of rotatable bonds is 7. The highest BCUT2D eigenvalue weighted by atomic mass is 35.5. The van der Waals surface area contributed by atoms with E-state index in [1.807, 2.05) is 0 Å². The van der Waals surface area contributed by atoms with E-state index in [1.165, 1.54) is 27.8 Å². The average molecular weight is 413 g/mol. The van der Waals surface area contributed by atoms with E-state index < -0.39 is 0 Å². The maximum absolute atomic E-state index is 12.6. The summed E-state index contributed by atoms with van der Waals surface area (Å²) in [5, 5.41) is 3.43. The van der Waals surface area contributed by atoms with E-state index in [0.29, 0.717) is 12.3 Å². The number of aryl methyl sites for hydroxylation is 1. The Morgan fingerprint density at radius 3 is 2.62 bits per heavy atom. The maximum Gasteiger partial charge on any atom is 0.222 e. The van der Waals surface area contributed by atoms with Crippen LogP contribution >= 0.6 is 12.4 Å². The van der Waals surface area contributed by atoms with Crippen LogP contribution in [0.5, 0.6) is 0 Å². The Morgan fingerprint density at radius 2 is 1.83 bits per heavy atom. The molecule has 4 heteroatoms. The first-order valence-corrected chi connectivity index (χ1v) is 10.9. The second-order valence-corrected chi connectivity index (χ2v) is 8.31. The first-order chi connectivity index (χ1) is 13.7. The molecule has 1 N–H and O–H groups in total. The minimum Gasteiger partial charge on any atom is -0.343 e. The quantitative estimate of drug-likeness (QED) is 0.601. The van der Waals surface area contributed by atoms with E-state index in [-0.39, 0.29) is 12.4 Å². The van der Waals surface area contributed by atoms with Crippen molar-refractivity contribution in [1.82, 2.24) is 10.2 Å². The minimum absolute atomic E-state index is 0. The van der Waals surface area contributed by atoms with Crippen LogP contribution in [0.1, 0.15) is 49.3 Å². The zero-order valence-corrected chi connectivity index (χ0v) is 18.3. The first-order valence-electron chi connectivity index (χ1n) is 10.9. The van der Waals surface area contributed by atoms with Gasteiger partial charge in [0, 0.05) is 19.5 Å². The van der Waals surface area contributed by atoms with Crippen molar-refractivity contribution < 1.29 is 4.79 Å². The van der Waals surface area contributed by atoms with Gasteiger partial charge >= 0.3 is 0 Å². The standard InChI is InChI=1S/C25H32N2O.ClH/c1-2-26-18-20-12-14-27(15-13-20)25(28)9-5-6-19-10-11-22-17-21-7-3-4-8-23(21)24(22)16-19;/h3-4,7-8,10-11,16,20,26H,2,5-6,9,12-15,17-18H2,1H3;1H. The van der Waals surface area contributed by atoms with Gasteiger partial charge in [-0.2, -0.15) is 0 Å². The lowest BCUT2D eigenvalue weighted by molar-refractivity contribution is -0.132. The third kappa shape index (κ3) is 5.21. The molecule has 0 bridgehead atoms. The zero-order chi connectivity index (χ0) is 19.3. The number of halogens is 1. The molecule has 1 aliphatic carbocycles. The fourth-order valence-electron chi connectivity index (χ4n) is 4.66. The van der Waals surface area contributed by atoms with Gasteiger partial charge in [0.25, 0.3) is 0 Å². The van der Waals surface area contributed by atoms with Gasteiger partial charge in [-0.25, -0.2) is 0 Å². The van der Waals surface area contributed by atoms with Crippen LogP contribution in [0, 0.1) is 5.92 Å². The second-order valence-electron chi connectivity index (χ2n) is 8.31. The number of carbonyl (C=O) groups is 1. The van der Waals surface area contributed by atoms with Gasteiger partial charge in [0.1, 0.15) is 0 Å². The maximum atomic E-state index is 12.6. The average Bonchev–Trinajstić information content (AvgIpc) is 3.10. The number of fused-ring (bicyclic) bond motifs is 3. The van der Waals surface area contributed by atoms with Gasteiger partial charge in [-0.1, -0.05) is 49.4 Å². The number of nitrogens with zero attached hydrogens (tertiary/aromatic N) is 1. The summed E-state index contributed by atoms with van der Waals surface area (Å²) >= 11 is 0. The van der Waals surface area contributed by atoms with Crippen molar-refractivity contribution in [3.05, 3.63) is 59.2 Å².